The summed E-state index contributed by atoms with van der Waals surface area (Å²) in [6.45, 7) is 5.67. The molecule has 1 aromatic rings. The summed E-state index contributed by atoms with van der Waals surface area (Å²) in [5, 5.41) is 10.1. The number of carbonyl (C=O) groups excluding carboxylic acids is 1. The largest absolute Gasteiger partial charge is 0.494 e. The van der Waals surface area contributed by atoms with Crippen molar-refractivity contribution < 1.29 is 9.90 Å². The molecular weight excluding hydrogens is 262 g/mol. The number of H-pyrrole nitrogens is 1. The van der Waals surface area contributed by atoms with Crippen molar-refractivity contribution >= 4 is 5.91 Å². The summed E-state index contributed by atoms with van der Waals surface area (Å²) in [4.78, 5) is 39.2. The Labute approximate surface area is 116 Å². The molecule has 1 aromatic heterocycles. The number of aromatic nitrogens is 2. The monoisotopic (exact) mass is 283 g/mol. The lowest BCUT2D eigenvalue weighted by Crippen LogP contribution is -2.40. The average molecular weight is 283 g/mol. The quantitative estimate of drug-likeness (QED) is 0.809. The van der Waals surface area contributed by atoms with Crippen LogP contribution in [-0.4, -0.2) is 39.1 Å². The van der Waals surface area contributed by atoms with Crippen LogP contribution in [0.2, 0.25) is 0 Å². The first-order valence-corrected chi connectivity index (χ1v) is 6.66. The predicted octanol–water partition coefficient (Wildman–Crippen LogP) is 0.234. The van der Waals surface area contributed by atoms with E-state index in [1.807, 2.05) is 13.8 Å². The van der Waals surface area contributed by atoms with Crippen molar-refractivity contribution in [2.24, 2.45) is 0 Å². The third-order valence-corrected chi connectivity index (χ3v) is 3.31. The van der Waals surface area contributed by atoms with Crippen LogP contribution in [0.5, 0.6) is 5.88 Å². The van der Waals surface area contributed by atoms with E-state index in [1.54, 1.807) is 7.05 Å². The van der Waals surface area contributed by atoms with Gasteiger partial charge in [-0.25, -0.2) is 4.79 Å². The first-order chi connectivity index (χ1) is 9.34. The van der Waals surface area contributed by atoms with Crippen molar-refractivity contribution in [3.63, 3.8) is 0 Å². The summed E-state index contributed by atoms with van der Waals surface area (Å²) in [6.07, 6.45) is 0.984. The highest BCUT2D eigenvalue weighted by atomic mass is 16.3. The number of nitrogens with one attached hydrogen (secondary N) is 1. The SMILES string of the molecule is CCCc1c(O)n(C(C)C(=O)N(C)CC)c(=O)[nH]c1=O. The number of aromatic hydroxyl groups is 1. The fraction of sp³-hybridized carbons (Fsp3) is 0.615. The molecule has 1 atom stereocenters. The van der Waals surface area contributed by atoms with Crippen LogP contribution in [0.1, 0.15) is 38.8 Å². The molecule has 1 heterocycles. The molecular formula is C13H21N3O4. The van der Waals surface area contributed by atoms with Gasteiger partial charge in [0.15, 0.2) is 0 Å². The summed E-state index contributed by atoms with van der Waals surface area (Å²) >= 11 is 0. The Morgan fingerprint density at radius 3 is 2.50 bits per heavy atom. The molecule has 0 bridgehead atoms. The van der Waals surface area contributed by atoms with E-state index < -0.39 is 23.2 Å². The van der Waals surface area contributed by atoms with Crippen molar-refractivity contribution in [3.8, 4) is 5.88 Å². The molecule has 0 aromatic carbocycles. The number of aromatic amines is 1. The molecule has 20 heavy (non-hydrogen) atoms. The van der Waals surface area contributed by atoms with Crippen LogP contribution >= 0.6 is 0 Å². The molecule has 0 radical (unpaired) electrons. The summed E-state index contributed by atoms with van der Waals surface area (Å²) < 4.78 is 0.931. The summed E-state index contributed by atoms with van der Waals surface area (Å²) in [6, 6.07) is -0.875. The zero-order valence-electron chi connectivity index (χ0n) is 12.3. The fourth-order valence-corrected chi connectivity index (χ4v) is 2.00. The van der Waals surface area contributed by atoms with E-state index in [1.165, 1.54) is 11.8 Å². The molecule has 0 aliphatic carbocycles. The van der Waals surface area contributed by atoms with Gasteiger partial charge in [-0.3, -0.25) is 19.1 Å². The summed E-state index contributed by atoms with van der Waals surface area (Å²) in [7, 11) is 1.61. The number of likely N-dealkylation sites (N-methyl/N-ethyl adjacent to an activating group) is 1. The van der Waals surface area contributed by atoms with Gasteiger partial charge >= 0.3 is 5.69 Å². The molecule has 1 amide bonds. The van der Waals surface area contributed by atoms with E-state index in [9.17, 15) is 19.5 Å². The molecule has 0 fully saturated rings. The van der Waals surface area contributed by atoms with Crippen LogP contribution in [0, 0.1) is 0 Å². The van der Waals surface area contributed by atoms with E-state index in [2.05, 4.69) is 4.98 Å². The highest BCUT2D eigenvalue weighted by Crippen LogP contribution is 2.18. The van der Waals surface area contributed by atoms with Crippen molar-refractivity contribution in [3.05, 3.63) is 26.4 Å². The van der Waals surface area contributed by atoms with Gasteiger partial charge < -0.3 is 10.0 Å². The minimum Gasteiger partial charge on any atom is -0.494 e. The summed E-state index contributed by atoms with van der Waals surface area (Å²) in [5.74, 6) is -0.731. The van der Waals surface area contributed by atoms with Gasteiger partial charge in [0.25, 0.3) is 5.56 Å². The molecule has 0 spiro atoms. The molecule has 2 N–H and O–H groups in total. The molecule has 1 unspecified atom stereocenters. The van der Waals surface area contributed by atoms with E-state index in [4.69, 9.17) is 0 Å². The molecule has 112 valence electrons. The van der Waals surface area contributed by atoms with Crippen LogP contribution in [0.3, 0.4) is 0 Å². The number of hydrogen-bond acceptors (Lipinski definition) is 4. The Morgan fingerprint density at radius 1 is 1.40 bits per heavy atom. The minimum absolute atomic E-state index is 0.130. The topological polar surface area (TPSA) is 95.4 Å². The molecule has 0 saturated heterocycles. The fourth-order valence-electron chi connectivity index (χ4n) is 2.00. The normalized spacial score (nSPS) is 12.2. The van der Waals surface area contributed by atoms with E-state index >= 15 is 0 Å². The summed E-state index contributed by atoms with van der Waals surface area (Å²) in [5.41, 5.74) is -1.25. The van der Waals surface area contributed by atoms with Gasteiger partial charge in [0.1, 0.15) is 6.04 Å². The van der Waals surface area contributed by atoms with Crippen LogP contribution in [0.25, 0.3) is 0 Å². The minimum atomic E-state index is -0.875. The molecule has 7 nitrogen and oxygen atoms in total. The number of rotatable bonds is 5. The Morgan fingerprint density at radius 2 is 2.00 bits per heavy atom. The third kappa shape index (κ3) is 2.92. The van der Waals surface area contributed by atoms with Crippen molar-refractivity contribution in [2.75, 3.05) is 13.6 Å². The third-order valence-electron chi connectivity index (χ3n) is 3.31. The Bertz CT molecular complexity index is 603. The first kappa shape index (κ1) is 16.0. The average Bonchev–Trinajstić information content (AvgIpc) is 2.41. The van der Waals surface area contributed by atoms with Crippen LogP contribution in [-0.2, 0) is 11.2 Å². The smallest absolute Gasteiger partial charge is 0.331 e. The van der Waals surface area contributed by atoms with Crippen LogP contribution in [0.4, 0.5) is 0 Å². The second-order valence-corrected chi connectivity index (χ2v) is 4.71. The van der Waals surface area contributed by atoms with Gasteiger partial charge in [0.05, 0.1) is 5.56 Å². The molecule has 0 aliphatic heterocycles. The highest BCUT2D eigenvalue weighted by molar-refractivity contribution is 5.80. The van der Waals surface area contributed by atoms with Crippen molar-refractivity contribution in [2.45, 2.75) is 39.7 Å². The zero-order valence-corrected chi connectivity index (χ0v) is 12.3. The maximum Gasteiger partial charge on any atom is 0.331 e. The molecule has 7 heteroatoms. The lowest BCUT2D eigenvalue weighted by Gasteiger charge is -2.22. The van der Waals surface area contributed by atoms with Gasteiger partial charge in [-0.2, -0.15) is 0 Å². The van der Waals surface area contributed by atoms with Crippen molar-refractivity contribution in [1.29, 1.82) is 0 Å². The second-order valence-electron chi connectivity index (χ2n) is 4.71. The lowest BCUT2D eigenvalue weighted by molar-refractivity contribution is -0.133. The number of carbonyl (C=O) groups is 1. The Balaban J connectivity index is 3.38. The first-order valence-electron chi connectivity index (χ1n) is 6.66. The Hall–Kier alpha value is -2.05. The maximum absolute atomic E-state index is 12.1. The second kappa shape index (κ2) is 6.40. The molecule has 1 rings (SSSR count). The van der Waals surface area contributed by atoms with Crippen LogP contribution in [0.15, 0.2) is 9.59 Å². The standard InChI is InChI=1S/C13H21N3O4/c1-5-7-9-10(17)14-13(20)16(12(9)19)8(3)11(18)15(4)6-2/h8,19H,5-7H2,1-4H3,(H,14,17,20). The van der Waals surface area contributed by atoms with E-state index in [-0.39, 0.29) is 11.5 Å². The maximum atomic E-state index is 12.1. The highest BCUT2D eigenvalue weighted by Gasteiger charge is 2.24. The van der Waals surface area contributed by atoms with Gasteiger partial charge in [0, 0.05) is 13.6 Å². The predicted molar refractivity (Wildman–Crippen MR) is 75.0 cm³/mol. The van der Waals surface area contributed by atoms with E-state index in [0.29, 0.717) is 19.4 Å². The number of amides is 1. The van der Waals surface area contributed by atoms with Gasteiger partial charge in [-0.05, 0) is 20.3 Å². The van der Waals surface area contributed by atoms with Gasteiger partial charge in [-0.15, -0.1) is 0 Å². The number of nitrogens with zero attached hydrogens (tertiary/aromatic N) is 2. The Kier molecular flexibility index (Phi) is 5.12. The van der Waals surface area contributed by atoms with Crippen LogP contribution < -0.4 is 11.2 Å². The molecule has 0 saturated carbocycles. The van der Waals surface area contributed by atoms with Gasteiger partial charge in [0.2, 0.25) is 11.8 Å². The lowest BCUT2D eigenvalue weighted by atomic mass is 10.2. The molecule has 0 aliphatic rings. The number of hydrogen-bond donors (Lipinski definition) is 2. The van der Waals surface area contributed by atoms with E-state index in [0.717, 1.165) is 4.57 Å². The zero-order chi connectivity index (χ0) is 15.4. The van der Waals surface area contributed by atoms with Crippen molar-refractivity contribution in [1.82, 2.24) is 14.5 Å². The van der Waals surface area contributed by atoms with Gasteiger partial charge in [-0.1, -0.05) is 13.3 Å².